The summed E-state index contributed by atoms with van der Waals surface area (Å²) in [6.45, 7) is 0. The van der Waals surface area contributed by atoms with Crippen molar-refractivity contribution in [3.05, 3.63) is 58.7 Å². The third-order valence-electron chi connectivity index (χ3n) is 4.68. The fourth-order valence-corrected chi connectivity index (χ4v) is 3.65. The lowest BCUT2D eigenvalue weighted by atomic mass is 10.1. The van der Waals surface area contributed by atoms with Crippen LogP contribution in [0.5, 0.6) is 0 Å². The van der Waals surface area contributed by atoms with Crippen LogP contribution in [-0.4, -0.2) is 0 Å². The molecule has 2 aliphatic rings. The molecule has 0 heterocycles. The van der Waals surface area contributed by atoms with Gasteiger partial charge in [0.25, 0.3) is 0 Å². The Bertz CT molecular complexity index is 660. The summed E-state index contributed by atoms with van der Waals surface area (Å²) in [6, 6.07) is 13.6. The van der Waals surface area contributed by atoms with Gasteiger partial charge in [-0.15, -0.1) is 0 Å². The minimum absolute atomic E-state index is 0.435. The van der Waals surface area contributed by atoms with E-state index in [-0.39, 0.29) is 0 Å². The molecule has 0 amide bonds. The van der Waals surface area contributed by atoms with Gasteiger partial charge < -0.3 is 11.1 Å². The molecule has 4 rings (SSSR count). The normalized spacial score (nSPS) is 19.7. The number of hydrogen-bond donors (Lipinski definition) is 2. The summed E-state index contributed by atoms with van der Waals surface area (Å²) in [5.74, 6) is 0. The topological polar surface area (TPSA) is 38.0 Å². The molecule has 102 valence electrons. The highest BCUT2D eigenvalue weighted by Crippen LogP contribution is 2.35. The molecule has 2 aromatic carbocycles. The van der Waals surface area contributed by atoms with Crippen molar-refractivity contribution in [2.24, 2.45) is 0 Å². The van der Waals surface area contributed by atoms with Gasteiger partial charge in [0.15, 0.2) is 0 Å². The highest BCUT2D eigenvalue weighted by molar-refractivity contribution is 5.54. The van der Waals surface area contributed by atoms with Crippen LogP contribution >= 0.6 is 0 Å². The van der Waals surface area contributed by atoms with E-state index in [9.17, 15) is 0 Å². The van der Waals surface area contributed by atoms with Crippen LogP contribution in [0, 0.1) is 0 Å². The first-order valence-electron chi connectivity index (χ1n) is 7.56. The van der Waals surface area contributed by atoms with Crippen LogP contribution in [-0.2, 0) is 19.3 Å². The van der Waals surface area contributed by atoms with Crippen molar-refractivity contribution in [2.45, 2.75) is 38.1 Å². The molecule has 0 saturated heterocycles. The summed E-state index contributed by atoms with van der Waals surface area (Å²) in [7, 11) is 0. The molecular weight excluding hydrogens is 244 g/mol. The fourth-order valence-electron chi connectivity index (χ4n) is 3.65. The number of nitrogens with two attached hydrogens (primary N) is 1. The van der Waals surface area contributed by atoms with Crippen LogP contribution in [0.3, 0.4) is 0 Å². The van der Waals surface area contributed by atoms with Gasteiger partial charge >= 0.3 is 0 Å². The van der Waals surface area contributed by atoms with Crippen LogP contribution in [0.2, 0.25) is 0 Å². The molecule has 2 aliphatic carbocycles. The third-order valence-corrected chi connectivity index (χ3v) is 4.68. The minimum atomic E-state index is 0.435. The molecule has 2 aromatic rings. The smallest absolute Gasteiger partial charge is 0.0519 e. The Morgan fingerprint density at radius 1 is 0.900 bits per heavy atom. The summed E-state index contributed by atoms with van der Waals surface area (Å²) in [6.07, 6.45) is 6.09. The molecule has 1 atom stereocenters. The monoisotopic (exact) mass is 264 g/mol. The third kappa shape index (κ3) is 1.96. The van der Waals surface area contributed by atoms with Crippen LogP contribution in [0.15, 0.2) is 36.4 Å². The Hall–Kier alpha value is -1.96. The Morgan fingerprint density at radius 2 is 1.80 bits per heavy atom. The number of nitrogens with one attached hydrogen (secondary N) is 1. The van der Waals surface area contributed by atoms with Crippen LogP contribution in [0.4, 0.5) is 11.4 Å². The quantitative estimate of drug-likeness (QED) is 0.808. The van der Waals surface area contributed by atoms with Gasteiger partial charge in [0, 0.05) is 11.4 Å². The largest absolute Gasteiger partial charge is 0.399 e. The summed E-state index contributed by atoms with van der Waals surface area (Å²) >= 11 is 0. The first-order chi connectivity index (χ1) is 9.79. The Kier molecular flexibility index (Phi) is 2.69. The maximum Gasteiger partial charge on any atom is 0.0519 e. The molecule has 2 nitrogen and oxygen atoms in total. The number of benzene rings is 2. The lowest BCUT2D eigenvalue weighted by Gasteiger charge is -2.16. The van der Waals surface area contributed by atoms with Crippen molar-refractivity contribution in [3.8, 4) is 0 Å². The maximum absolute atomic E-state index is 5.87. The predicted octanol–water partition coefficient (Wildman–Crippen LogP) is 3.86. The molecule has 0 fully saturated rings. The summed E-state index contributed by atoms with van der Waals surface area (Å²) in [5, 5.41) is 3.71. The average molecular weight is 264 g/mol. The van der Waals surface area contributed by atoms with Gasteiger partial charge in [-0.3, -0.25) is 0 Å². The molecular formula is C18H20N2. The van der Waals surface area contributed by atoms with E-state index in [4.69, 9.17) is 5.73 Å². The number of anilines is 2. The molecule has 2 heteroatoms. The van der Waals surface area contributed by atoms with E-state index in [1.54, 1.807) is 0 Å². The number of aryl methyl sites for hydroxylation is 3. The summed E-state index contributed by atoms with van der Waals surface area (Å²) in [5.41, 5.74) is 13.9. The van der Waals surface area contributed by atoms with Crippen molar-refractivity contribution in [2.75, 3.05) is 11.1 Å². The van der Waals surface area contributed by atoms with Gasteiger partial charge in [-0.05, 0) is 78.6 Å². The second kappa shape index (κ2) is 4.55. The molecule has 0 spiro atoms. The number of hydrogen-bond acceptors (Lipinski definition) is 2. The van der Waals surface area contributed by atoms with Crippen LogP contribution in [0.1, 0.15) is 41.1 Å². The van der Waals surface area contributed by atoms with Crippen LogP contribution < -0.4 is 11.1 Å². The first kappa shape index (κ1) is 11.8. The Labute approximate surface area is 120 Å². The van der Waals surface area contributed by atoms with E-state index in [0.717, 1.165) is 18.5 Å². The number of rotatable bonds is 2. The Morgan fingerprint density at radius 3 is 2.75 bits per heavy atom. The average Bonchev–Trinajstić information content (AvgIpc) is 3.05. The second-order valence-electron chi connectivity index (χ2n) is 6.03. The SMILES string of the molecule is Nc1ccc2c(c1)CCC2Nc1ccc2c(c1)CCC2. The van der Waals surface area contributed by atoms with E-state index in [0.29, 0.717) is 6.04 Å². The van der Waals surface area contributed by atoms with E-state index in [1.165, 1.54) is 47.2 Å². The lowest BCUT2D eigenvalue weighted by molar-refractivity contribution is 0.762. The lowest BCUT2D eigenvalue weighted by Crippen LogP contribution is -2.07. The van der Waals surface area contributed by atoms with E-state index < -0.39 is 0 Å². The van der Waals surface area contributed by atoms with Crippen molar-refractivity contribution in [1.82, 2.24) is 0 Å². The van der Waals surface area contributed by atoms with Crippen molar-refractivity contribution < 1.29 is 0 Å². The van der Waals surface area contributed by atoms with E-state index in [1.807, 2.05) is 6.07 Å². The van der Waals surface area contributed by atoms with Gasteiger partial charge in [-0.25, -0.2) is 0 Å². The minimum Gasteiger partial charge on any atom is -0.399 e. The van der Waals surface area contributed by atoms with E-state index >= 15 is 0 Å². The molecule has 1 unspecified atom stereocenters. The highest BCUT2D eigenvalue weighted by atomic mass is 14.9. The van der Waals surface area contributed by atoms with Gasteiger partial charge in [-0.2, -0.15) is 0 Å². The first-order valence-corrected chi connectivity index (χ1v) is 7.56. The summed E-state index contributed by atoms with van der Waals surface area (Å²) < 4.78 is 0. The van der Waals surface area contributed by atoms with Crippen molar-refractivity contribution >= 4 is 11.4 Å². The van der Waals surface area contributed by atoms with Crippen LogP contribution in [0.25, 0.3) is 0 Å². The molecule has 0 aliphatic heterocycles. The zero-order chi connectivity index (χ0) is 13.5. The molecule has 0 radical (unpaired) electrons. The van der Waals surface area contributed by atoms with Gasteiger partial charge in [-0.1, -0.05) is 12.1 Å². The zero-order valence-corrected chi connectivity index (χ0v) is 11.7. The van der Waals surface area contributed by atoms with Crippen molar-refractivity contribution in [3.63, 3.8) is 0 Å². The molecule has 3 N–H and O–H groups in total. The molecule has 0 bridgehead atoms. The van der Waals surface area contributed by atoms with Gasteiger partial charge in [0.05, 0.1) is 6.04 Å². The summed E-state index contributed by atoms with van der Waals surface area (Å²) in [4.78, 5) is 0. The maximum atomic E-state index is 5.87. The van der Waals surface area contributed by atoms with E-state index in [2.05, 4.69) is 35.6 Å². The highest BCUT2D eigenvalue weighted by Gasteiger charge is 2.22. The Balaban J connectivity index is 1.59. The fraction of sp³-hybridized carbons (Fsp3) is 0.333. The molecule has 20 heavy (non-hydrogen) atoms. The molecule has 0 aromatic heterocycles. The van der Waals surface area contributed by atoms with Gasteiger partial charge in [0.1, 0.15) is 0 Å². The number of fused-ring (bicyclic) bond motifs is 2. The predicted molar refractivity (Wildman–Crippen MR) is 84.0 cm³/mol. The molecule has 0 saturated carbocycles. The zero-order valence-electron chi connectivity index (χ0n) is 11.7. The van der Waals surface area contributed by atoms with Gasteiger partial charge in [0.2, 0.25) is 0 Å². The second-order valence-corrected chi connectivity index (χ2v) is 6.03. The standard InChI is InChI=1S/C18H20N2/c19-15-6-8-17-14(10-15)5-9-18(17)20-16-7-4-12-2-1-3-13(12)11-16/h4,6-8,10-11,18,20H,1-3,5,9,19H2. The number of nitrogen functional groups attached to an aromatic ring is 1. The van der Waals surface area contributed by atoms with Crippen molar-refractivity contribution in [1.29, 1.82) is 0 Å².